The number of nitrogens with zero attached hydrogens (tertiary/aromatic N) is 1. The molecule has 0 unspecified atom stereocenters. The lowest BCUT2D eigenvalue weighted by Gasteiger charge is -2.16. The molecule has 0 aromatic heterocycles. The molecule has 31 heavy (non-hydrogen) atoms. The number of alkyl halides is 3. The van der Waals surface area contributed by atoms with E-state index in [0.29, 0.717) is 36.3 Å². The second-order valence-corrected chi connectivity index (χ2v) is 6.36. The van der Waals surface area contributed by atoms with E-state index in [9.17, 15) is 13.2 Å². The number of rotatable bonds is 9. The lowest BCUT2D eigenvalue weighted by molar-refractivity contribution is -0.153. The fraction of sp³-hybridized carbons (Fsp3) is 0.381. The summed E-state index contributed by atoms with van der Waals surface area (Å²) in [5.74, 6) is 2.24. The molecule has 0 amide bonds. The Morgan fingerprint density at radius 2 is 1.52 bits per heavy atom. The Hall–Kier alpha value is -3.30. The molecule has 0 atom stereocenters. The number of benzene rings is 2. The Balaban J connectivity index is 1.97. The number of halogens is 3. The summed E-state index contributed by atoms with van der Waals surface area (Å²) in [4.78, 5) is 4.16. The van der Waals surface area contributed by atoms with Crippen LogP contribution >= 0.6 is 0 Å². The first-order valence-corrected chi connectivity index (χ1v) is 9.31. The third kappa shape index (κ3) is 7.47. The zero-order valence-corrected chi connectivity index (χ0v) is 17.8. The van der Waals surface area contributed by atoms with Crippen molar-refractivity contribution in [1.82, 2.24) is 10.6 Å². The molecule has 0 bridgehead atoms. The second-order valence-electron chi connectivity index (χ2n) is 6.36. The Morgan fingerprint density at radius 1 is 0.903 bits per heavy atom. The van der Waals surface area contributed by atoms with Gasteiger partial charge < -0.3 is 29.6 Å². The lowest BCUT2D eigenvalue weighted by atomic mass is 10.2. The van der Waals surface area contributed by atoms with Gasteiger partial charge in [-0.05, 0) is 35.4 Å². The van der Waals surface area contributed by atoms with Crippen LogP contribution in [-0.2, 0) is 13.1 Å². The first-order valence-electron chi connectivity index (χ1n) is 9.31. The molecule has 0 aliphatic heterocycles. The van der Waals surface area contributed by atoms with Crippen molar-refractivity contribution in [3.63, 3.8) is 0 Å². The summed E-state index contributed by atoms with van der Waals surface area (Å²) in [6, 6.07) is 10.1. The van der Waals surface area contributed by atoms with Crippen molar-refractivity contribution in [2.24, 2.45) is 4.99 Å². The fourth-order valence-corrected chi connectivity index (χ4v) is 2.74. The molecular weight excluding hydrogens is 415 g/mol. The van der Waals surface area contributed by atoms with Crippen molar-refractivity contribution in [3.8, 4) is 23.0 Å². The van der Waals surface area contributed by atoms with Crippen molar-refractivity contribution in [2.45, 2.75) is 19.3 Å². The lowest BCUT2D eigenvalue weighted by Crippen LogP contribution is -2.36. The molecule has 170 valence electrons. The molecule has 0 heterocycles. The summed E-state index contributed by atoms with van der Waals surface area (Å²) in [5, 5.41) is 6.27. The monoisotopic (exact) mass is 441 g/mol. The predicted octanol–water partition coefficient (Wildman–Crippen LogP) is 3.52. The zero-order chi connectivity index (χ0) is 22.9. The molecule has 10 heteroatoms. The van der Waals surface area contributed by atoms with E-state index in [0.717, 1.165) is 11.1 Å². The van der Waals surface area contributed by atoms with Gasteiger partial charge in [-0.25, -0.2) is 0 Å². The third-order valence-corrected chi connectivity index (χ3v) is 4.17. The van der Waals surface area contributed by atoms with Crippen LogP contribution in [0.3, 0.4) is 0 Å². The molecule has 2 rings (SSSR count). The van der Waals surface area contributed by atoms with E-state index in [1.807, 2.05) is 12.1 Å². The maximum Gasteiger partial charge on any atom is 0.422 e. The van der Waals surface area contributed by atoms with E-state index >= 15 is 0 Å². The van der Waals surface area contributed by atoms with Gasteiger partial charge in [0.25, 0.3) is 0 Å². The van der Waals surface area contributed by atoms with Crippen LogP contribution in [-0.4, -0.2) is 47.1 Å². The van der Waals surface area contributed by atoms with Crippen LogP contribution in [0, 0.1) is 0 Å². The molecular formula is C21H26F3N3O4. The Kier molecular flexibility index (Phi) is 8.65. The minimum absolute atomic E-state index is 0.150. The average Bonchev–Trinajstić information content (AvgIpc) is 2.76. The van der Waals surface area contributed by atoms with Crippen molar-refractivity contribution in [3.05, 3.63) is 47.5 Å². The maximum atomic E-state index is 12.3. The normalized spacial score (nSPS) is 11.6. The molecule has 0 spiro atoms. The van der Waals surface area contributed by atoms with Crippen LogP contribution in [0.4, 0.5) is 13.2 Å². The van der Waals surface area contributed by atoms with E-state index in [2.05, 4.69) is 15.6 Å². The quantitative estimate of drug-likeness (QED) is 0.458. The minimum atomic E-state index is -4.38. The molecule has 0 fully saturated rings. The van der Waals surface area contributed by atoms with E-state index in [1.165, 1.54) is 13.2 Å². The summed E-state index contributed by atoms with van der Waals surface area (Å²) in [7, 11) is 6.24. The van der Waals surface area contributed by atoms with Crippen molar-refractivity contribution >= 4 is 5.96 Å². The van der Waals surface area contributed by atoms with Crippen LogP contribution < -0.4 is 29.6 Å². The van der Waals surface area contributed by atoms with Gasteiger partial charge in [0, 0.05) is 20.1 Å². The third-order valence-electron chi connectivity index (χ3n) is 4.17. The highest BCUT2D eigenvalue weighted by molar-refractivity contribution is 5.79. The SMILES string of the molecule is CN=C(NCc1cccc(OCC(F)(F)F)c1)NCc1cc(OC)c(OC)c(OC)c1. The number of guanidine groups is 1. The largest absolute Gasteiger partial charge is 0.493 e. The predicted molar refractivity (Wildman–Crippen MR) is 111 cm³/mol. The van der Waals surface area contributed by atoms with Gasteiger partial charge >= 0.3 is 6.18 Å². The van der Waals surface area contributed by atoms with Crippen LogP contribution in [0.2, 0.25) is 0 Å². The highest BCUT2D eigenvalue weighted by Crippen LogP contribution is 2.38. The van der Waals surface area contributed by atoms with Gasteiger partial charge in [0.1, 0.15) is 5.75 Å². The van der Waals surface area contributed by atoms with Crippen LogP contribution in [0.25, 0.3) is 0 Å². The zero-order valence-electron chi connectivity index (χ0n) is 17.8. The Labute approximate surface area is 179 Å². The van der Waals surface area contributed by atoms with Gasteiger partial charge in [-0.15, -0.1) is 0 Å². The number of methoxy groups -OCH3 is 3. The highest BCUT2D eigenvalue weighted by atomic mass is 19.4. The minimum Gasteiger partial charge on any atom is -0.493 e. The number of ether oxygens (including phenoxy) is 4. The summed E-state index contributed by atoms with van der Waals surface area (Å²) >= 11 is 0. The number of hydrogen-bond acceptors (Lipinski definition) is 5. The summed E-state index contributed by atoms with van der Waals surface area (Å²) in [6.07, 6.45) is -4.38. The number of nitrogens with one attached hydrogen (secondary N) is 2. The standard InChI is InChI=1S/C21H26F3N3O4/c1-25-20(26-11-14-6-5-7-16(8-14)31-13-21(22,23)24)27-12-15-9-17(28-2)19(30-4)18(10-15)29-3/h5-10H,11-13H2,1-4H3,(H2,25,26,27). The van der Waals surface area contributed by atoms with Gasteiger partial charge in [0.2, 0.25) is 5.75 Å². The van der Waals surface area contributed by atoms with Crippen molar-refractivity contribution in [1.29, 1.82) is 0 Å². The highest BCUT2D eigenvalue weighted by Gasteiger charge is 2.28. The first-order chi connectivity index (χ1) is 14.8. The molecule has 0 aliphatic rings. The maximum absolute atomic E-state index is 12.3. The Bertz CT molecular complexity index is 863. The second kappa shape index (κ2) is 11.2. The molecule has 2 N–H and O–H groups in total. The smallest absolute Gasteiger partial charge is 0.422 e. The molecule has 2 aromatic rings. The van der Waals surface area contributed by atoms with Crippen molar-refractivity contribution < 1.29 is 32.1 Å². The van der Waals surface area contributed by atoms with Gasteiger partial charge in [-0.3, -0.25) is 4.99 Å². The summed E-state index contributed by atoms with van der Waals surface area (Å²) in [5.41, 5.74) is 1.62. The van der Waals surface area contributed by atoms with Gasteiger partial charge in [-0.2, -0.15) is 13.2 Å². The number of hydrogen-bond donors (Lipinski definition) is 2. The summed E-state index contributed by atoms with van der Waals surface area (Å²) in [6.45, 7) is -0.564. The van der Waals surface area contributed by atoms with Gasteiger partial charge in [0.15, 0.2) is 24.1 Å². The molecule has 0 radical (unpaired) electrons. The van der Waals surface area contributed by atoms with Crippen LogP contribution in [0.15, 0.2) is 41.4 Å². The first kappa shape index (κ1) is 24.0. The topological polar surface area (TPSA) is 73.3 Å². The fourth-order valence-electron chi connectivity index (χ4n) is 2.74. The molecule has 0 saturated carbocycles. The molecule has 0 aliphatic carbocycles. The van der Waals surface area contributed by atoms with Crippen molar-refractivity contribution in [2.75, 3.05) is 35.0 Å². The van der Waals surface area contributed by atoms with Crippen LogP contribution in [0.1, 0.15) is 11.1 Å². The molecule has 2 aromatic carbocycles. The molecule has 0 saturated heterocycles. The number of aliphatic imine (C=N–C) groups is 1. The van der Waals surface area contributed by atoms with E-state index in [1.54, 1.807) is 39.5 Å². The summed E-state index contributed by atoms with van der Waals surface area (Å²) < 4.78 is 57.8. The van der Waals surface area contributed by atoms with Gasteiger partial charge in [0.05, 0.1) is 21.3 Å². The average molecular weight is 441 g/mol. The van der Waals surface area contributed by atoms with Gasteiger partial charge in [-0.1, -0.05) is 12.1 Å². The van der Waals surface area contributed by atoms with Crippen LogP contribution in [0.5, 0.6) is 23.0 Å². The van der Waals surface area contributed by atoms with E-state index in [4.69, 9.17) is 18.9 Å². The van der Waals surface area contributed by atoms with E-state index in [-0.39, 0.29) is 5.75 Å². The Morgan fingerprint density at radius 3 is 2.03 bits per heavy atom. The van der Waals surface area contributed by atoms with E-state index < -0.39 is 12.8 Å². The molecule has 7 nitrogen and oxygen atoms in total.